The second-order valence-corrected chi connectivity index (χ2v) is 9.43. The third-order valence-electron chi connectivity index (χ3n) is 5.98. The Labute approximate surface area is 214 Å². The van der Waals surface area contributed by atoms with Gasteiger partial charge in [0.15, 0.2) is 5.96 Å². The normalized spacial score (nSPS) is 19.6. The molecular formula is C25H35IN4OS. The molecule has 32 heavy (non-hydrogen) atoms. The second kappa shape index (κ2) is 13.4. The lowest BCUT2D eigenvalue weighted by Gasteiger charge is -2.26. The predicted octanol–water partition coefficient (Wildman–Crippen LogP) is 4.33. The highest BCUT2D eigenvalue weighted by molar-refractivity contribution is 14.0. The summed E-state index contributed by atoms with van der Waals surface area (Å²) in [6.07, 6.45) is 1.23. The van der Waals surface area contributed by atoms with Crippen LogP contribution in [0.4, 0.5) is 0 Å². The number of guanidine groups is 1. The monoisotopic (exact) mass is 566 g/mol. The fourth-order valence-corrected chi connectivity index (χ4v) is 5.31. The number of benzene rings is 2. The average Bonchev–Trinajstić information content (AvgIpc) is 3.29. The van der Waals surface area contributed by atoms with Gasteiger partial charge >= 0.3 is 0 Å². The van der Waals surface area contributed by atoms with Crippen molar-refractivity contribution in [3.8, 4) is 0 Å². The van der Waals surface area contributed by atoms with Gasteiger partial charge in [-0.05, 0) is 35.6 Å². The Kier molecular flexibility index (Phi) is 10.6. The van der Waals surface area contributed by atoms with Crippen LogP contribution in [0.2, 0.25) is 0 Å². The number of ether oxygens (including phenoxy) is 1. The van der Waals surface area contributed by atoms with Crippen LogP contribution < -0.4 is 5.32 Å². The standard InChI is InChI=1S/C25H34N4OS.HI/c1-26-25(29-11-10-23(19-29)20-31-24-8-3-2-4-9-24)27-17-21-6-5-7-22(16-21)18-28-12-14-30-15-13-28;/h2-9,16,23H,10-15,17-20H2,1H3,(H,26,27);1H. The number of thioether (sulfide) groups is 1. The van der Waals surface area contributed by atoms with E-state index >= 15 is 0 Å². The highest BCUT2D eigenvalue weighted by Crippen LogP contribution is 2.26. The molecule has 2 aromatic rings. The largest absolute Gasteiger partial charge is 0.379 e. The van der Waals surface area contributed by atoms with Gasteiger partial charge < -0.3 is 15.0 Å². The van der Waals surface area contributed by atoms with Crippen molar-refractivity contribution < 1.29 is 4.74 Å². The Hall–Kier alpha value is -1.29. The first-order chi connectivity index (χ1) is 15.3. The molecule has 0 radical (unpaired) electrons. The molecule has 7 heteroatoms. The van der Waals surface area contributed by atoms with Gasteiger partial charge in [-0.3, -0.25) is 9.89 Å². The number of halogens is 1. The molecule has 0 aliphatic carbocycles. The summed E-state index contributed by atoms with van der Waals surface area (Å²) in [5.74, 6) is 2.90. The van der Waals surface area contributed by atoms with Gasteiger partial charge in [-0.2, -0.15) is 0 Å². The Morgan fingerprint density at radius 1 is 1.06 bits per heavy atom. The van der Waals surface area contributed by atoms with Gasteiger partial charge in [0, 0.05) is 57.0 Å². The van der Waals surface area contributed by atoms with Crippen molar-refractivity contribution in [2.24, 2.45) is 10.9 Å². The zero-order chi connectivity index (χ0) is 21.3. The van der Waals surface area contributed by atoms with Gasteiger partial charge in [0.25, 0.3) is 0 Å². The first-order valence-corrected chi connectivity index (χ1v) is 12.3. The molecule has 5 nitrogen and oxygen atoms in total. The van der Waals surface area contributed by atoms with Crippen LogP contribution in [0, 0.1) is 5.92 Å². The highest BCUT2D eigenvalue weighted by Gasteiger charge is 2.24. The van der Waals surface area contributed by atoms with Crippen molar-refractivity contribution in [3.05, 3.63) is 65.7 Å². The maximum atomic E-state index is 5.46. The van der Waals surface area contributed by atoms with Crippen molar-refractivity contribution in [3.63, 3.8) is 0 Å². The molecular weight excluding hydrogens is 531 g/mol. The zero-order valence-electron chi connectivity index (χ0n) is 18.9. The number of nitrogens with one attached hydrogen (secondary N) is 1. The fourth-order valence-electron chi connectivity index (χ4n) is 4.26. The molecule has 0 spiro atoms. The maximum absolute atomic E-state index is 5.46. The molecule has 2 fully saturated rings. The lowest BCUT2D eigenvalue weighted by atomic mass is 10.1. The minimum Gasteiger partial charge on any atom is -0.379 e. The van der Waals surface area contributed by atoms with Crippen molar-refractivity contribution in [2.45, 2.75) is 24.4 Å². The van der Waals surface area contributed by atoms with Gasteiger partial charge in [0.05, 0.1) is 13.2 Å². The summed E-state index contributed by atoms with van der Waals surface area (Å²) < 4.78 is 5.46. The van der Waals surface area contributed by atoms with Crippen molar-refractivity contribution in [1.82, 2.24) is 15.1 Å². The molecule has 0 amide bonds. The van der Waals surface area contributed by atoms with Crippen molar-refractivity contribution in [2.75, 3.05) is 52.2 Å². The van der Waals surface area contributed by atoms with Crippen molar-refractivity contribution in [1.29, 1.82) is 0 Å². The van der Waals surface area contributed by atoms with E-state index in [-0.39, 0.29) is 24.0 Å². The van der Waals surface area contributed by atoms with E-state index in [1.54, 1.807) is 0 Å². The summed E-state index contributed by atoms with van der Waals surface area (Å²) in [7, 11) is 1.89. The number of hydrogen-bond acceptors (Lipinski definition) is 4. The van der Waals surface area contributed by atoms with Crippen molar-refractivity contribution >= 4 is 41.7 Å². The van der Waals surface area contributed by atoms with Gasteiger partial charge in [0.1, 0.15) is 0 Å². The molecule has 2 aliphatic heterocycles. The summed E-state index contributed by atoms with van der Waals surface area (Å²) in [4.78, 5) is 10.8. The SMILES string of the molecule is CN=C(NCc1cccc(CN2CCOCC2)c1)N1CCC(CSc2ccccc2)C1.I. The number of hydrogen-bond donors (Lipinski definition) is 1. The van der Waals surface area contributed by atoms with Crippen LogP contribution in [0.3, 0.4) is 0 Å². The third kappa shape index (κ3) is 7.64. The van der Waals surface area contributed by atoms with E-state index in [0.29, 0.717) is 5.92 Å². The molecule has 1 atom stereocenters. The maximum Gasteiger partial charge on any atom is 0.193 e. The van der Waals surface area contributed by atoms with Crippen LogP contribution in [-0.2, 0) is 17.8 Å². The smallest absolute Gasteiger partial charge is 0.193 e. The van der Waals surface area contributed by atoms with Crippen LogP contribution >= 0.6 is 35.7 Å². The van der Waals surface area contributed by atoms with E-state index in [1.165, 1.54) is 28.2 Å². The Bertz CT molecular complexity index is 845. The summed E-state index contributed by atoms with van der Waals surface area (Å²) in [5, 5.41) is 3.59. The van der Waals surface area contributed by atoms with Crippen LogP contribution in [0.1, 0.15) is 17.5 Å². The Balaban J connectivity index is 0.00000289. The summed E-state index contributed by atoms with van der Waals surface area (Å²) in [6, 6.07) is 19.6. The van der Waals surface area contributed by atoms with Crippen LogP contribution in [0.15, 0.2) is 64.5 Å². The molecule has 1 N–H and O–H groups in total. The molecule has 2 saturated heterocycles. The lowest BCUT2D eigenvalue weighted by molar-refractivity contribution is 0.0342. The molecule has 2 aromatic carbocycles. The average molecular weight is 567 g/mol. The zero-order valence-corrected chi connectivity index (χ0v) is 22.1. The minimum absolute atomic E-state index is 0. The fraction of sp³-hybridized carbons (Fsp3) is 0.480. The van der Waals surface area contributed by atoms with Gasteiger partial charge in [0.2, 0.25) is 0 Å². The summed E-state index contributed by atoms with van der Waals surface area (Å²) in [6.45, 7) is 7.70. The summed E-state index contributed by atoms with van der Waals surface area (Å²) >= 11 is 1.97. The van der Waals surface area contributed by atoms with Crippen LogP contribution in [0.25, 0.3) is 0 Å². The number of rotatable bonds is 7. The first-order valence-electron chi connectivity index (χ1n) is 11.3. The van der Waals surface area contributed by atoms with Crippen LogP contribution in [0.5, 0.6) is 0 Å². The Morgan fingerprint density at radius 2 is 1.84 bits per heavy atom. The summed E-state index contributed by atoms with van der Waals surface area (Å²) in [5.41, 5.74) is 2.68. The first kappa shape index (κ1) is 25.3. The lowest BCUT2D eigenvalue weighted by Crippen LogP contribution is -2.39. The molecule has 4 rings (SSSR count). The highest BCUT2D eigenvalue weighted by atomic mass is 127. The predicted molar refractivity (Wildman–Crippen MR) is 145 cm³/mol. The third-order valence-corrected chi connectivity index (χ3v) is 7.22. The molecule has 0 bridgehead atoms. The van der Waals surface area contributed by atoms with Gasteiger partial charge in [-0.15, -0.1) is 35.7 Å². The number of nitrogens with zero attached hydrogens (tertiary/aromatic N) is 3. The molecule has 2 aliphatic rings. The number of aliphatic imine (C=N–C) groups is 1. The van der Waals surface area contributed by atoms with E-state index < -0.39 is 0 Å². The quantitative estimate of drug-likeness (QED) is 0.234. The molecule has 1 unspecified atom stereocenters. The molecule has 2 heterocycles. The molecule has 0 aromatic heterocycles. The van der Waals surface area contributed by atoms with E-state index in [9.17, 15) is 0 Å². The number of likely N-dealkylation sites (tertiary alicyclic amines) is 1. The van der Waals surface area contributed by atoms with E-state index in [0.717, 1.165) is 58.4 Å². The van der Waals surface area contributed by atoms with Gasteiger partial charge in [-0.25, -0.2) is 0 Å². The minimum atomic E-state index is 0. The second-order valence-electron chi connectivity index (χ2n) is 8.33. The van der Waals surface area contributed by atoms with Gasteiger partial charge in [-0.1, -0.05) is 42.5 Å². The van der Waals surface area contributed by atoms with E-state index in [4.69, 9.17) is 4.74 Å². The Morgan fingerprint density at radius 3 is 2.62 bits per heavy atom. The molecule has 0 saturated carbocycles. The van der Waals surface area contributed by atoms with E-state index in [2.05, 4.69) is 74.7 Å². The van der Waals surface area contributed by atoms with Crippen LogP contribution in [-0.4, -0.2) is 68.0 Å². The van der Waals surface area contributed by atoms with E-state index in [1.807, 2.05) is 18.8 Å². The number of morpholine rings is 1. The molecule has 174 valence electrons. The topological polar surface area (TPSA) is 40.1 Å².